The highest BCUT2D eigenvalue weighted by Gasteiger charge is 2.11. The molecular formula is C15H19N5O. The summed E-state index contributed by atoms with van der Waals surface area (Å²) in [5.74, 6) is 1.29. The molecule has 3 heterocycles. The van der Waals surface area contributed by atoms with Crippen LogP contribution in [0.4, 0.5) is 0 Å². The summed E-state index contributed by atoms with van der Waals surface area (Å²) < 4.78 is 6.85. The van der Waals surface area contributed by atoms with Crippen molar-refractivity contribution in [3.63, 3.8) is 0 Å². The predicted molar refractivity (Wildman–Crippen MR) is 79.7 cm³/mol. The fraction of sp³-hybridized carbons (Fsp3) is 0.400. The minimum absolute atomic E-state index is 0.564. The van der Waals surface area contributed by atoms with Crippen molar-refractivity contribution in [3.8, 4) is 0 Å². The standard InChI is InChI=1S/C15H19N5O/c1-11(2)6-16-7-12-8-20(9-14-18-10-21-19-14)15-13(12)4-3-5-17-15/h3-5,8,10-11,16H,6-7,9H2,1-2H3. The lowest BCUT2D eigenvalue weighted by Gasteiger charge is -2.06. The van der Waals surface area contributed by atoms with Gasteiger partial charge in [0.1, 0.15) is 5.65 Å². The van der Waals surface area contributed by atoms with E-state index in [0.29, 0.717) is 18.3 Å². The molecule has 0 atom stereocenters. The third-order valence-corrected chi connectivity index (χ3v) is 3.30. The summed E-state index contributed by atoms with van der Waals surface area (Å²) >= 11 is 0. The van der Waals surface area contributed by atoms with Crippen molar-refractivity contribution in [1.29, 1.82) is 0 Å². The van der Waals surface area contributed by atoms with E-state index < -0.39 is 0 Å². The van der Waals surface area contributed by atoms with Crippen LogP contribution in [0.3, 0.4) is 0 Å². The maximum absolute atomic E-state index is 4.79. The zero-order valence-electron chi connectivity index (χ0n) is 12.3. The van der Waals surface area contributed by atoms with E-state index in [1.807, 2.05) is 6.07 Å². The molecule has 1 N–H and O–H groups in total. The number of hydrogen-bond acceptors (Lipinski definition) is 5. The van der Waals surface area contributed by atoms with Crippen molar-refractivity contribution in [2.24, 2.45) is 5.92 Å². The minimum atomic E-state index is 0.564. The first-order valence-electron chi connectivity index (χ1n) is 7.12. The monoisotopic (exact) mass is 285 g/mol. The summed E-state index contributed by atoms with van der Waals surface area (Å²) in [7, 11) is 0. The van der Waals surface area contributed by atoms with Crippen LogP contribution in [-0.4, -0.2) is 26.2 Å². The van der Waals surface area contributed by atoms with Gasteiger partial charge in [-0.3, -0.25) is 0 Å². The topological polar surface area (TPSA) is 68.8 Å². The molecule has 0 bridgehead atoms. The van der Waals surface area contributed by atoms with Crippen LogP contribution < -0.4 is 5.32 Å². The van der Waals surface area contributed by atoms with Crippen molar-refractivity contribution >= 4 is 11.0 Å². The number of aromatic nitrogens is 4. The van der Waals surface area contributed by atoms with E-state index in [9.17, 15) is 0 Å². The molecule has 0 saturated carbocycles. The van der Waals surface area contributed by atoms with Crippen molar-refractivity contribution in [3.05, 3.63) is 42.3 Å². The lowest BCUT2D eigenvalue weighted by atomic mass is 10.2. The summed E-state index contributed by atoms with van der Waals surface area (Å²) in [6.07, 6.45) is 5.27. The number of nitrogens with one attached hydrogen (secondary N) is 1. The molecule has 0 aliphatic carbocycles. The number of pyridine rings is 1. The van der Waals surface area contributed by atoms with Crippen LogP contribution in [0.15, 0.2) is 35.4 Å². The first kappa shape index (κ1) is 13.8. The van der Waals surface area contributed by atoms with Crippen LogP contribution in [0.5, 0.6) is 0 Å². The molecule has 0 spiro atoms. The summed E-state index contributed by atoms with van der Waals surface area (Å²) in [5.41, 5.74) is 2.19. The van der Waals surface area contributed by atoms with E-state index in [2.05, 4.69) is 51.1 Å². The molecule has 0 aliphatic heterocycles. The highest BCUT2D eigenvalue weighted by Crippen LogP contribution is 2.20. The second-order valence-electron chi connectivity index (χ2n) is 5.53. The average molecular weight is 285 g/mol. The highest BCUT2D eigenvalue weighted by atomic mass is 16.5. The van der Waals surface area contributed by atoms with Gasteiger partial charge in [-0.2, -0.15) is 4.98 Å². The summed E-state index contributed by atoms with van der Waals surface area (Å²) in [4.78, 5) is 8.55. The van der Waals surface area contributed by atoms with Crippen molar-refractivity contribution in [2.45, 2.75) is 26.9 Å². The number of hydrogen-bond donors (Lipinski definition) is 1. The van der Waals surface area contributed by atoms with Gasteiger partial charge in [-0.25, -0.2) is 4.98 Å². The lowest BCUT2D eigenvalue weighted by molar-refractivity contribution is 0.408. The minimum Gasteiger partial charge on any atom is -0.343 e. The normalized spacial score (nSPS) is 11.6. The largest absolute Gasteiger partial charge is 0.343 e. The van der Waals surface area contributed by atoms with Crippen LogP contribution in [0.25, 0.3) is 11.0 Å². The van der Waals surface area contributed by atoms with Gasteiger partial charge in [0.25, 0.3) is 0 Å². The Morgan fingerprint density at radius 3 is 3.00 bits per heavy atom. The molecule has 0 saturated heterocycles. The molecule has 6 nitrogen and oxygen atoms in total. The Kier molecular flexibility index (Phi) is 3.96. The summed E-state index contributed by atoms with van der Waals surface area (Å²) in [6, 6.07) is 4.06. The molecule has 0 radical (unpaired) electrons. The van der Waals surface area contributed by atoms with Crippen molar-refractivity contribution in [2.75, 3.05) is 6.54 Å². The maximum atomic E-state index is 4.79. The van der Waals surface area contributed by atoms with Crippen LogP contribution in [0.1, 0.15) is 25.2 Å². The molecule has 0 amide bonds. The van der Waals surface area contributed by atoms with Crippen molar-refractivity contribution < 1.29 is 4.52 Å². The molecular weight excluding hydrogens is 266 g/mol. The molecule has 6 heteroatoms. The van der Waals surface area contributed by atoms with Crippen LogP contribution >= 0.6 is 0 Å². The molecule has 21 heavy (non-hydrogen) atoms. The Bertz CT molecular complexity index is 702. The Morgan fingerprint density at radius 2 is 2.24 bits per heavy atom. The Morgan fingerprint density at radius 1 is 1.33 bits per heavy atom. The fourth-order valence-electron chi connectivity index (χ4n) is 2.37. The Balaban J connectivity index is 1.86. The molecule has 0 unspecified atom stereocenters. The van der Waals surface area contributed by atoms with E-state index >= 15 is 0 Å². The van der Waals surface area contributed by atoms with Gasteiger partial charge in [-0.15, -0.1) is 0 Å². The van der Waals surface area contributed by atoms with Crippen LogP contribution in [-0.2, 0) is 13.1 Å². The number of rotatable bonds is 6. The Labute approximate surface area is 123 Å². The van der Waals surface area contributed by atoms with Gasteiger partial charge in [0.05, 0.1) is 6.54 Å². The van der Waals surface area contributed by atoms with Gasteiger partial charge in [0.2, 0.25) is 6.39 Å². The SMILES string of the molecule is CC(C)CNCc1cn(Cc2ncon2)c2ncccc12. The number of fused-ring (bicyclic) bond motifs is 1. The van der Waals surface area contributed by atoms with Gasteiger partial charge in [0.15, 0.2) is 5.82 Å². The predicted octanol–water partition coefficient (Wildman–Crippen LogP) is 2.21. The van der Waals surface area contributed by atoms with Gasteiger partial charge in [-0.05, 0) is 30.2 Å². The average Bonchev–Trinajstić information content (AvgIpc) is 3.09. The third kappa shape index (κ3) is 3.11. The second kappa shape index (κ2) is 6.05. The van der Waals surface area contributed by atoms with E-state index in [1.165, 1.54) is 12.0 Å². The quantitative estimate of drug-likeness (QED) is 0.752. The second-order valence-corrected chi connectivity index (χ2v) is 5.53. The van der Waals surface area contributed by atoms with Gasteiger partial charge < -0.3 is 14.4 Å². The summed E-state index contributed by atoms with van der Waals surface area (Å²) in [5, 5.41) is 8.50. The molecule has 3 aromatic heterocycles. The first-order valence-corrected chi connectivity index (χ1v) is 7.12. The molecule has 110 valence electrons. The lowest BCUT2D eigenvalue weighted by Crippen LogP contribution is -2.18. The van der Waals surface area contributed by atoms with Gasteiger partial charge >= 0.3 is 0 Å². The van der Waals surface area contributed by atoms with E-state index in [0.717, 1.165) is 24.1 Å². The zero-order valence-corrected chi connectivity index (χ0v) is 12.3. The molecule has 0 fully saturated rings. The van der Waals surface area contributed by atoms with Crippen LogP contribution in [0.2, 0.25) is 0 Å². The van der Waals surface area contributed by atoms with E-state index in [4.69, 9.17) is 4.52 Å². The zero-order chi connectivity index (χ0) is 14.7. The fourth-order valence-corrected chi connectivity index (χ4v) is 2.37. The smallest absolute Gasteiger partial charge is 0.213 e. The number of nitrogens with zero attached hydrogens (tertiary/aromatic N) is 4. The highest BCUT2D eigenvalue weighted by molar-refractivity contribution is 5.80. The third-order valence-electron chi connectivity index (χ3n) is 3.30. The maximum Gasteiger partial charge on any atom is 0.213 e. The van der Waals surface area contributed by atoms with E-state index in [-0.39, 0.29) is 0 Å². The molecule has 0 aromatic carbocycles. The van der Waals surface area contributed by atoms with Gasteiger partial charge in [-0.1, -0.05) is 19.0 Å². The molecule has 0 aliphatic rings. The Hall–Kier alpha value is -2.21. The molecule has 3 aromatic rings. The summed E-state index contributed by atoms with van der Waals surface area (Å²) in [6.45, 7) is 6.80. The molecule has 3 rings (SSSR count). The first-order chi connectivity index (χ1) is 10.2. The van der Waals surface area contributed by atoms with Crippen LogP contribution in [0, 0.1) is 5.92 Å². The van der Waals surface area contributed by atoms with Crippen molar-refractivity contribution in [1.82, 2.24) is 25.0 Å². The van der Waals surface area contributed by atoms with E-state index in [1.54, 1.807) is 6.20 Å². The van der Waals surface area contributed by atoms with Gasteiger partial charge in [0, 0.05) is 24.3 Å².